The molecule has 1 saturated heterocycles. The number of benzene rings is 2. The van der Waals surface area contributed by atoms with Crippen LogP contribution in [0.15, 0.2) is 66.8 Å². The number of halogens is 3. The third-order valence-electron chi connectivity index (χ3n) is 6.44. The van der Waals surface area contributed by atoms with E-state index < -0.39 is 23.6 Å². The molecule has 0 spiro atoms. The minimum Gasteiger partial charge on any atom is -0.406 e. The monoisotopic (exact) mass is 485 g/mol. The Bertz CT molecular complexity index is 1120. The average Bonchev–Trinajstić information content (AvgIpc) is 3.40. The number of ether oxygens (including phenoxy) is 1. The smallest absolute Gasteiger partial charge is 0.406 e. The first-order valence-corrected chi connectivity index (χ1v) is 11.7. The molecular weight excluding hydrogens is 455 g/mol. The van der Waals surface area contributed by atoms with Crippen LogP contribution in [-0.2, 0) is 15.0 Å². The molecular formula is C28H30F3NO3. The number of alkyl halides is 3. The Morgan fingerprint density at radius 1 is 1.03 bits per heavy atom. The zero-order chi connectivity index (χ0) is 26.1. The second kappa shape index (κ2) is 9.72. The van der Waals surface area contributed by atoms with Crippen LogP contribution in [0.1, 0.15) is 43.9 Å². The molecule has 0 N–H and O–H groups in total. The summed E-state index contributed by atoms with van der Waals surface area (Å²) in [6.07, 6.45) is -0.846. The van der Waals surface area contributed by atoms with E-state index >= 15 is 0 Å². The van der Waals surface area contributed by atoms with E-state index in [1.165, 1.54) is 29.2 Å². The molecule has 4 rings (SSSR count). The predicted octanol–water partition coefficient (Wildman–Crippen LogP) is 6.81. The number of carbonyl (C=O) groups excluding carboxylic acids is 2. The lowest BCUT2D eigenvalue weighted by molar-refractivity contribution is -0.274. The Morgan fingerprint density at radius 2 is 1.54 bits per heavy atom. The molecule has 1 saturated carbocycles. The van der Waals surface area contributed by atoms with Gasteiger partial charge in [0.15, 0.2) is 0 Å². The van der Waals surface area contributed by atoms with Crippen molar-refractivity contribution in [1.82, 2.24) is 0 Å². The van der Waals surface area contributed by atoms with Gasteiger partial charge in [0.05, 0.1) is 17.5 Å². The van der Waals surface area contributed by atoms with Gasteiger partial charge < -0.3 is 4.74 Å². The molecule has 2 atom stereocenters. The highest BCUT2D eigenvalue weighted by molar-refractivity contribution is 6.27. The van der Waals surface area contributed by atoms with Crippen molar-refractivity contribution in [3.05, 3.63) is 83.5 Å². The van der Waals surface area contributed by atoms with Crippen LogP contribution in [0, 0.1) is 25.7 Å². The number of hydrogen-bond donors (Lipinski definition) is 0. The van der Waals surface area contributed by atoms with Crippen LogP contribution in [0.4, 0.5) is 18.9 Å². The summed E-state index contributed by atoms with van der Waals surface area (Å²) < 4.78 is 41.7. The molecule has 4 nitrogen and oxygen atoms in total. The third-order valence-corrected chi connectivity index (χ3v) is 6.44. The first-order valence-electron chi connectivity index (χ1n) is 11.7. The van der Waals surface area contributed by atoms with Gasteiger partial charge in [0.2, 0.25) is 11.8 Å². The van der Waals surface area contributed by atoms with E-state index in [4.69, 9.17) is 0 Å². The second-order valence-corrected chi connectivity index (χ2v) is 8.54. The number of fused-ring (bicyclic) bond motifs is 1. The molecule has 1 aliphatic carbocycles. The molecule has 0 bridgehead atoms. The summed E-state index contributed by atoms with van der Waals surface area (Å²) in [5.41, 5.74) is 2.99. The maximum Gasteiger partial charge on any atom is 0.573 e. The van der Waals surface area contributed by atoms with E-state index in [-0.39, 0.29) is 17.6 Å². The molecule has 1 aliphatic heterocycles. The highest BCUT2D eigenvalue weighted by Crippen LogP contribution is 2.69. The first kappa shape index (κ1) is 26.3. The zero-order valence-electron chi connectivity index (χ0n) is 20.6. The summed E-state index contributed by atoms with van der Waals surface area (Å²) in [5.74, 6) is -2.19. The summed E-state index contributed by atoms with van der Waals surface area (Å²) >= 11 is 0. The van der Waals surface area contributed by atoms with Gasteiger partial charge in [0.1, 0.15) is 5.75 Å². The number of amides is 2. The molecule has 2 aliphatic rings. The van der Waals surface area contributed by atoms with Crippen LogP contribution in [-0.4, -0.2) is 18.2 Å². The number of piperidine rings is 1. The highest BCUT2D eigenvalue weighted by Gasteiger charge is 2.78. The Morgan fingerprint density at radius 3 is 1.97 bits per heavy atom. The third kappa shape index (κ3) is 4.51. The molecule has 0 radical (unpaired) electrons. The van der Waals surface area contributed by atoms with E-state index in [0.717, 1.165) is 16.7 Å². The van der Waals surface area contributed by atoms with Crippen molar-refractivity contribution >= 4 is 17.5 Å². The summed E-state index contributed by atoms with van der Waals surface area (Å²) in [7, 11) is 0. The SMILES string of the molecule is C=C/C=C(\CC)C1(c2ccc(OC(F)(F)F)cc2)C2C(=O)N(c3cc(C)cc(C)c3)C(=O)C21.CC. The second-order valence-electron chi connectivity index (χ2n) is 8.54. The van der Waals surface area contributed by atoms with Gasteiger partial charge in [-0.05, 0) is 61.2 Å². The van der Waals surface area contributed by atoms with Crippen molar-refractivity contribution in [3.63, 3.8) is 0 Å². The fourth-order valence-electron chi connectivity index (χ4n) is 5.35. The molecule has 1 heterocycles. The first-order chi connectivity index (χ1) is 16.5. The number of anilines is 1. The minimum absolute atomic E-state index is 0.297. The van der Waals surface area contributed by atoms with Gasteiger partial charge in [0.25, 0.3) is 0 Å². The Labute approximate surface area is 204 Å². The van der Waals surface area contributed by atoms with Crippen molar-refractivity contribution in [2.24, 2.45) is 11.8 Å². The van der Waals surface area contributed by atoms with Crippen molar-refractivity contribution in [2.45, 2.75) is 52.8 Å². The number of imide groups is 1. The van der Waals surface area contributed by atoms with Gasteiger partial charge in [-0.15, -0.1) is 13.2 Å². The molecule has 0 aromatic heterocycles. The number of carbonyl (C=O) groups is 2. The molecule has 186 valence electrons. The zero-order valence-corrected chi connectivity index (χ0v) is 20.6. The number of aryl methyl sites for hydroxylation is 2. The number of rotatable bonds is 6. The molecule has 35 heavy (non-hydrogen) atoms. The topological polar surface area (TPSA) is 46.6 Å². The maximum absolute atomic E-state index is 13.5. The normalized spacial score (nSPS) is 23.4. The van der Waals surface area contributed by atoms with Gasteiger partial charge >= 0.3 is 6.36 Å². The van der Waals surface area contributed by atoms with Crippen molar-refractivity contribution in [3.8, 4) is 5.75 Å². The summed E-state index contributed by atoms with van der Waals surface area (Å²) in [6.45, 7) is 13.5. The summed E-state index contributed by atoms with van der Waals surface area (Å²) in [5, 5.41) is 0. The molecule has 2 unspecified atom stereocenters. The van der Waals surface area contributed by atoms with Gasteiger partial charge in [-0.2, -0.15) is 0 Å². The fourth-order valence-corrected chi connectivity index (χ4v) is 5.35. The van der Waals surface area contributed by atoms with Crippen molar-refractivity contribution in [2.75, 3.05) is 4.90 Å². The van der Waals surface area contributed by atoms with E-state index in [9.17, 15) is 22.8 Å². The van der Waals surface area contributed by atoms with Gasteiger partial charge in [-0.1, -0.05) is 63.3 Å². The molecule has 2 fully saturated rings. The lowest BCUT2D eigenvalue weighted by Gasteiger charge is -2.28. The Hall–Kier alpha value is -3.35. The predicted molar refractivity (Wildman–Crippen MR) is 130 cm³/mol. The highest BCUT2D eigenvalue weighted by atomic mass is 19.4. The van der Waals surface area contributed by atoms with Gasteiger partial charge in [-0.3, -0.25) is 9.59 Å². The molecule has 2 aromatic rings. The number of nitrogens with zero attached hydrogens (tertiary/aromatic N) is 1. The van der Waals surface area contributed by atoms with Crippen molar-refractivity contribution < 1.29 is 27.5 Å². The van der Waals surface area contributed by atoms with Crippen LogP contribution < -0.4 is 9.64 Å². The van der Waals surface area contributed by atoms with Crippen LogP contribution in [0.2, 0.25) is 0 Å². The van der Waals surface area contributed by atoms with Crippen LogP contribution in [0.25, 0.3) is 0 Å². The lowest BCUT2D eigenvalue weighted by atomic mass is 9.80. The van der Waals surface area contributed by atoms with E-state index in [2.05, 4.69) is 11.3 Å². The minimum atomic E-state index is -4.80. The lowest BCUT2D eigenvalue weighted by Crippen LogP contribution is -2.39. The van der Waals surface area contributed by atoms with E-state index in [1.54, 1.807) is 24.3 Å². The quantitative estimate of drug-likeness (QED) is 0.334. The average molecular weight is 486 g/mol. The standard InChI is InChI=1S/C26H24F3NO3.C2H6/c1-5-7-17(6-2)25(18-8-10-20(11-9-18)33-26(27,28)29)21-22(25)24(32)30(23(21)31)19-13-15(3)12-16(4)14-19;1-2/h5,7-14,21-22H,1,6H2,2-4H3;1-2H3/b17-7+;. The number of allylic oxidation sites excluding steroid dienone is 3. The van der Waals surface area contributed by atoms with Crippen LogP contribution in [0.3, 0.4) is 0 Å². The van der Waals surface area contributed by atoms with Gasteiger partial charge in [-0.25, -0.2) is 4.90 Å². The largest absolute Gasteiger partial charge is 0.573 e. The fraction of sp³-hybridized carbons (Fsp3) is 0.357. The number of hydrogen-bond acceptors (Lipinski definition) is 3. The maximum atomic E-state index is 13.5. The Kier molecular flexibility index (Phi) is 7.29. The Balaban J connectivity index is 0.00000167. The van der Waals surface area contributed by atoms with Crippen molar-refractivity contribution in [1.29, 1.82) is 0 Å². The summed E-state index contributed by atoms with van der Waals surface area (Å²) in [6, 6.07) is 11.0. The summed E-state index contributed by atoms with van der Waals surface area (Å²) in [4.78, 5) is 28.3. The van der Waals surface area contributed by atoms with Crippen LogP contribution in [0.5, 0.6) is 5.75 Å². The van der Waals surface area contributed by atoms with Gasteiger partial charge in [0, 0.05) is 5.41 Å². The van der Waals surface area contributed by atoms with Crippen LogP contribution >= 0.6 is 0 Å². The molecule has 2 amide bonds. The van der Waals surface area contributed by atoms with E-state index in [0.29, 0.717) is 17.7 Å². The van der Waals surface area contributed by atoms with E-state index in [1.807, 2.05) is 40.7 Å². The molecule has 7 heteroatoms. The molecule has 2 aromatic carbocycles.